The molecule has 1 fully saturated rings. The third-order valence-electron chi connectivity index (χ3n) is 4.32. The Morgan fingerprint density at radius 3 is 2.48 bits per heavy atom. The molecule has 2 rings (SSSR count). The van der Waals surface area contributed by atoms with Crippen LogP contribution in [-0.2, 0) is 11.3 Å². The number of aliphatic hydroxyl groups is 1. The van der Waals surface area contributed by atoms with Crippen molar-refractivity contribution in [3.05, 3.63) is 35.4 Å². The standard InChI is InChI=1S/C16H20F3NO3/c1-11(16(17,18)19)13-5-3-12(4-6-13)9-20-8-2-7-15(23,10-20)14(21)22/h3-6,11,23H,2,7-10H2,1H3,(H,21,22). The highest BCUT2D eigenvalue weighted by Crippen LogP contribution is 2.34. The molecule has 0 aliphatic carbocycles. The Morgan fingerprint density at radius 2 is 1.96 bits per heavy atom. The second-order valence-corrected chi connectivity index (χ2v) is 6.16. The number of likely N-dealkylation sites (tertiary alicyclic amines) is 1. The molecule has 0 saturated carbocycles. The number of alkyl halides is 3. The molecule has 0 amide bonds. The van der Waals surface area contributed by atoms with E-state index in [-0.39, 0.29) is 18.5 Å². The second kappa shape index (κ2) is 6.49. The molecule has 0 spiro atoms. The fourth-order valence-corrected chi connectivity index (χ4v) is 2.79. The lowest BCUT2D eigenvalue weighted by molar-refractivity contribution is -0.164. The molecule has 1 aromatic carbocycles. The Kier molecular flexibility index (Phi) is 5.01. The molecule has 1 aromatic rings. The molecular formula is C16H20F3NO3. The number of carboxylic acids is 1. The summed E-state index contributed by atoms with van der Waals surface area (Å²) in [6.07, 6.45) is -3.50. The molecule has 0 bridgehead atoms. The van der Waals surface area contributed by atoms with Crippen molar-refractivity contribution < 1.29 is 28.2 Å². The predicted molar refractivity (Wildman–Crippen MR) is 78.0 cm³/mol. The highest BCUT2D eigenvalue weighted by atomic mass is 19.4. The average Bonchev–Trinajstić information content (AvgIpc) is 2.46. The van der Waals surface area contributed by atoms with Crippen LogP contribution >= 0.6 is 0 Å². The second-order valence-electron chi connectivity index (χ2n) is 6.16. The van der Waals surface area contributed by atoms with Gasteiger partial charge in [0.25, 0.3) is 0 Å². The number of carbonyl (C=O) groups is 1. The van der Waals surface area contributed by atoms with E-state index in [4.69, 9.17) is 5.11 Å². The lowest BCUT2D eigenvalue weighted by atomic mass is 9.92. The van der Waals surface area contributed by atoms with Gasteiger partial charge in [-0.3, -0.25) is 4.90 Å². The summed E-state index contributed by atoms with van der Waals surface area (Å²) in [5, 5.41) is 19.1. The molecule has 0 aromatic heterocycles. The fourth-order valence-electron chi connectivity index (χ4n) is 2.79. The number of hydrogen-bond acceptors (Lipinski definition) is 3. The number of β-amino-alcohol motifs (C(OH)–C–C–N with tert-alkyl or cyclic N) is 1. The van der Waals surface area contributed by atoms with Crippen molar-refractivity contribution in [2.24, 2.45) is 0 Å². The minimum Gasteiger partial charge on any atom is -0.479 e. The van der Waals surface area contributed by atoms with Gasteiger partial charge >= 0.3 is 12.1 Å². The quantitative estimate of drug-likeness (QED) is 0.891. The molecule has 0 radical (unpaired) electrons. The smallest absolute Gasteiger partial charge is 0.395 e. The van der Waals surface area contributed by atoms with Gasteiger partial charge in [-0.1, -0.05) is 24.3 Å². The van der Waals surface area contributed by atoms with Crippen LogP contribution < -0.4 is 0 Å². The largest absolute Gasteiger partial charge is 0.479 e. The van der Waals surface area contributed by atoms with E-state index in [0.717, 1.165) is 12.5 Å². The Hall–Kier alpha value is -1.60. The van der Waals surface area contributed by atoms with Crippen LogP contribution in [-0.4, -0.2) is 45.9 Å². The van der Waals surface area contributed by atoms with Gasteiger partial charge in [-0.2, -0.15) is 13.2 Å². The molecular weight excluding hydrogens is 311 g/mol. The topological polar surface area (TPSA) is 60.8 Å². The summed E-state index contributed by atoms with van der Waals surface area (Å²) in [6, 6.07) is 6.12. The van der Waals surface area contributed by atoms with E-state index < -0.39 is 23.7 Å². The highest BCUT2D eigenvalue weighted by Gasteiger charge is 2.40. The van der Waals surface area contributed by atoms with Crippen molar-refractivity contribution in [1.29, 1.82) is 0 Å². The van der Waals surface area contributed by atoms with Crippen LogP contribution in [0.2, 0.25) is 0 Å². The van der Waals surface area contributed by atoms with Crippen molar-refractivity contribution in [3.8, 4) is 0 Å². The monoisotopic (exact) mass is 331 g/mol. The van der Waals surface area contributed by atoms with Crippen LogP contribution in [0.4, 0.5) is 13.2 Å². The minimum atomic E-state index is -4.27. The first-order valence-electron chi connectivity index (χ1n) is 7.45. The molecule has 2 atom stereocenters. The van der Waals surface area contributed by atoms with Gasteiger partial charge in [0.15, 0.2) is 5.60 Å². The first-order valence-corrected chi connectivity index (χ1v) is 7.45. The van der Waals surface area contributed by atoms with Gasteiger partial charge < -0.3 is 10.2 Å². The van der Waals surface area contributed by atoms with Gasteiger partial charge in [0.2, 0.25) is 0 Å². The van der Waals surface area contributed by atoms with Crippen molar-refractivity contribution in [3.63, 3.8) is 0 Å². The number of hydrogen-bond donors (Lipinski definition) is 2. The number of piperidine rings is 1. The van der Waals surface area contributed by atoms with Crippen molar-refractivity contribution >= 4 is 5.97 Å². The Labute approximate surface area is 132 Å². The molecule has 1 heterocycles. The molecule has 23 heavy (non-hydrogen) atoms. The summed E-state index contributed by atoms with van der Waals surface area (Å²) in [6.45, 7) is 2.18. The Morgan fingerprint density at radius 1 is 1.35 bits per heavy atom. The van der Waals surface area contributed by atoms with E-state index in [1.54, 1.807) is 17.0 Å². The Bertz CT molecular complexity index is 559. The van der Waals surface area contributed by atoms with E-state index >= 15 is 0 Å². The normalized spacial score (nSPS) is 24.4. The highest BCUT2D eigenvalue weighted by molar-refractivity contribution is 5.77. The fraction of sp³-hybridized carbons (Fsp3) is 0.562. The maximum absolute atomic E-state index is 12.7. The number of nitrogens with zero attached hydrogens (tertiary/aromatic N) is 1. The van der Waals surface area contributed by atoms with Gasteiger partial charge in [0, 0.05) is 13.1 Å². The first-order chi connectivity index (χ1) is 10.6. The van der Waals surface area contributed by atoms with Gasteiger partial charge in [0.1, 0.15) is 0 Å². The van der Waals surface area contributed by atoms with Gasteiger partial charge in [-0.15, -0.1) is 0 Å². The third-order valence-corrected chi connectivity index (χ3v) is 4.32. The summed E-state index contributed by atoms with van der Waals surface area (Å²) in [4.78, 5) is 12.9. The zero-order chi connectivity index (χ0) is 17.3. The summed E-state index contributed by atoms with van der Waals surface area (Å²) >= 11 is 0. The van der Waals surface area contributed by atoms with Gasteiger partial charge in [-0.25, -0.2) is 4.79 Å². The van der Waals surface area contributed by atoms with Crippen molar-refractivity contribution in [1.82, 2.24) is 4.90 Å². The molecule has 7 heteroatoms. The molecule has 1 aliphatic heterocycles. The van der Waals surface area contributed by atoms with Crippen LogP contribution in [0.25, 0.3) is 0 Å². The molecule has 4 nitrogen and oxygen atoms in total. The third kappa shape index (κ3) is 4.23. The first kappa shape index (κ1) is 17.7. The van der Waals surface area contributed by atoms with E-state index in [9.17, 15) is 23.1 Å². The predicted octanol–water partition coefficient (Wildman–Crippen LogP) is 2.76. The SMILES string of the molecule is CC(c1ccc(CN2CCCC(O)(C(=O)O)C2)cc1)C(F)(F)F. The molecule has 2 unspecified atom stereocenters. The lowest BCUT2D eigenvalue weighted by Gasteiger charge is -2.36. The van der Waals surface area contributed by atoms with Crippen LogP contribution in [0.5, 0.6) is 0 Å². The number of halogens is 3. The maximum atomic E-state index is 12.7. The van der Waals surface area contributed by atoms with Crippen LogP contribution in [0.3, 0.4) is 0 Å². The number of aliphatic carboxylic acids is 1. The number of carboxylic acid groups (broad SMARTS) is 1. The van der Waals surface area contributed by atoms with Crippen LogP contribution in [0, 0.1) is 0 Å². The van der Waals surface area contributed by atoms with Crippen molar-refractivity contribution in [2.75, 3.05) is 13.1 Å². The zero-order valence-electron chi connectivity index (χ0n) is 12.8. The van der Waals surface area contributed by atoms with Crippen LogP contribution in [0.15, 0.2) is 24.3 Å². The van der Waals surface area contributed by atoms with E-state index in [1.165, 1.54) is 12.1 Å². The lowest BCUT2D eigenvalue weighted by Crippen LogP contribution is -2.52. The number of benzene rings is 1. The maximum Gasteiger partial charge on any atom is 0.395 e. The van der Waals surface area contributed by atoms with Crippen LogP contribution in [0.1, 0.15) is 36.8 Å². The molecule has 1 saturated heterocycles. The van der Waals surface area contributed by atoms with E-state index in [0.29, 0.717) is 19.5 Å². The molecule has 128 valence electrons. The number of rotatable bonds is 4. The molecule has 1 aliphatic rings. The summed E-state index contributed by atoms with van der Waals surface area (Å²) in [7, 11) is 0. The minimum absolute atomic E-state index is 0.0169. The Balaban J connectivity index is 2.02. The summed E-state index contributed by atoms with van der Waals surface area (Å²) in [5.74, 6) is -2.76. The average molecular weight is 331 g/mol. The van der Waals surface area contributed by atoms with Gasteiger partial charge in [-0.05, 0) is 37.4 Å². The van der Waals surface area contributed by atoms with Crippen molar-refractivity contribution in [2.45, 2.75) is 44.0 Å². The van der Waals surface area contributed by atoms with Gasteiger partial charge in [0.05, 0.1) is 5.92 Å². The van der Waals surface area contributed by atoms with E-state index in [1.807, 2.05) is 0 Å². The van der Waals surface area contributed by atoms with E-state index in [2.05, 4.69) is 0 Å². The summed E-state index contributed by atoms with van der Waals surface area (Å²) in [5.41, 5.74) is -0.761. The zero-order valence-corrected chi connectivity index (χ0v) is 12.8. The summed E-state index contributed by atoms with van der Waals surface area (Å²) < 4.78 is 38.0. The molecule has 2 N–H and O–H groups in total.